The molecule has 2 amide bonds. The fourth-order valence-electron chi connectivity index (χ4n) is 5.93. The van der Waals surface area contributed by atoms with E-state index in [9.17, 15) is 9.90 Å². The van der Waals surface area contributed by atoms with Crippen LogP contribution in [0.1, 0.15) is 32.1 Å². The highest BCUT2D eigenvalue weighted by atomic mass is 16.3. The Hall–Kier alpha value is -1.75. The van der Waals surface area contributed by atoms with Gasteiger partial charge in [-0.1, -0.05) is 12.1 Å². The molecule has 0 aromatic heterocycles. The number of fused-ring (bicyclic) bond motifs is 1. The van der Waals surface area contributed by atoms with Crippen LogP contribution in [0.5, 0.6) is 0 Å². The zero-order valence-corrected chi connectivity index (χ0v) is 13.9. The number of anilines is 2. The maximum Gasteiger partial charge on any atom is 0.322 e. The number of hydrogen-bond acceptors (Lipinski definition) is 3. The van der Waals surface area contributed by atoms with Gasteiger partial charge in [0.2, 0.25) is 0 Å². The van der Waals surface area contributed by atoms with Crippen LogP contribution in [0, 0.1) is 17.8 Å². The van der Waals surface area contributed by atoms with Gasteiger partial charge < -0.3 is 15.7 Å². The number of para-hydroxylation sites is 2. The van der Waals surface area contributed by atoms with E-state index in [1.54, 1.807) is 0 Å². The highest BCUT2D eigenvalue weighted by molar-refractivity contribution is 5.96. The second-order valence-corrected chi connectivity index (χ2v) is 8.27. The summed E-state index contributed by atoms with van der Waals surface area (Å²) in [5.41, 5.74) is 1.54. The zero-order chi connectivity index (χ0) is 16.3. The van der Waals surface area contributed by atoms with Crippen LogP contribution in [0.3, 0.4) is 0 Å². The first-order chi connectivity index (χ1) is 11.6. The molecule has 1 heterocycles. The normalized spacial score (nSPS) is 39.3. The summed E-state index contributed by atoms with van der Waals surface area (Å²) < 4.78 is 0. The van der Waals surface area contributed by atoms with Gasteiger partial charge in [-0.15, -0.1) is 0 Å². The molecular formula is C19H25N3O2. The minimum absolute atomic E-state index is 0.0217. The minimum atomic E-state index is -0.445. The highest BCUT2D eigenvalue weighted by Gasteiger charge is 2.55. The van der Waals surface area contributed by atoms with Crippen molar-refractivity contribution >= 4 is 17.4 Å². The van der Waals surface area contributed by atoms with Crippen LogP contribution in [-0.4, -0.2) is 35.9 Å². The molecule has 5 atom stereocenters. The molecule has 24 heavy (non-hydrogen) atoms. The number of nitrogens with one attached hydrogen (secondary N) is 2. The summed E-state index contributed by atoms with van der Waals surface area (Å²) in [7, 11) is 0. The van der Waals surface area contributed by atoms with Crippen molar-refractivity contribution in [3.63, 3.8) is 0 Å². The maximum atomic E-state index is 13.0. The van der Waals surface area contributed by atoms with E-state index in [0.717, 1.165) is 37.2 Å². The average molecular weight is 327 g/mol. The third-order valence-corrected chi connectivity index (χ3v) is 6.62. The molecule has 1 aromatic carbocycles. The first-order valence-corrected chi connectivity index (χ1v) is 9.25. The Morgan fingerprint density at radius 3 is 2.71 bits per heavy atom. The first-order valence-electron chi connectivity index (χ1n) is 9.25. The van der Waals surface area contributed by atoms with E-state index in [1.807, 2.05) is 29.2 Å². The van der Waals surface area contributed by atoms with Gasteiger partial charge >= 0.3 is 6.03 Å². The van der Waals surface area contributed by atoms with E-state index >= 15 is 0 Å². The molecule has 3 unspecified atom stereocenters. The van der Waals surface area contributed by atoms with Crippen LogP contribution in [-0.2, 0) is 0 Å². The molecule has 5 aliphatic rings. The van der Waals surface area contributed by atoms with Crippen LogP contribution >= 0.6 is 0 Å². The van der Waals surface area contributed by atoms with Gasteiger partial charge in [-0.2, -0.15) is 0 Å². The summed E-state index contributed by atoms with van der Waals surface area (Å²) >= 11 is 0. The molecule has 5 heteroatoms. The Morgan fingerprint density at radius 1 is 1.21 bits per heavy atom. The van der Waals surface area contributed by atoms with E-state index in [-0.39, 0.29) is 12.1 Å². The molecule has 6 rings (SSSR count). The SMILES string of the molecule is O=C(NC1[C@@H]2CC3C[C@H]1CC(O)(C3)C2)N1CCNc2ccccc21. The van der Waals surface area contributed by atoms with E-state index in [0.29, 0.717) is 24.3 Å². The number of aliphatic hydroxyl groups is 1. The summed E-state index contributed by atoms with van der Waals surface area (Å²) in [4.78, 5) is 14.8. The second kappa shape index (κ2) is 5.12. The molecule has 0 saturated heterocycles. The van der Waals surface area contributed by atoms with Gasteiger partial charge in [0.25, 0.3) is 0 Å². The average Bonchev–Trinajstić information content (AvgIpc) is 2.56. The molecular weight excluding hydrogens is 302 g/mol. The van der Waals surface area contributed by atoms with E-state index in [2.05, 4.69) is 10.6 Å². The molecule has 3 N–H and O–H groups in total. The van der Waals surface area contributed by atoms with E-state index in [4.69, 9.17) is 0 Å². The van der Waals surface area contributed by atoms with Gasteiger partial charge in [-0.05, 0) is 62.0 Å². The summed E-state index contributed by atoms with van der Waals surface area (Å²) in [6.07, 6.45) is 5.04. The summed E-state index contributed by atoms with van der Waals surface area (Å²) in [5.74, 6) is 1.56. The Bertz CT molecular complexity index is 660. The molecule has 4 bridgehead atoms. The molecule has 0 spiro atoms. The third-order valence-electron chi connectivity index (χ3n) is 6.62. The van der Waals surface area contributed by atoms with Crippen molar-refractivity contribution in [3.8, 4) is 0 Å². The van der Waals surface area contributed by atoms with Crippen LogP contribution in [0.15, 0.2) is 24.3 Å². The summed E-state index contributed by atoms with van der Waals surface area (Å²) in [6, 6.07) is 8.24. The van der Waals surface area contributed by atoms with Gasteiger partial charge in [0.15, 0.2) is 0 Å². The van der Waals surface area contributed by atoms with Crippen molar-refractivity contribution in [2.24, 2.45) is 17.8 Å². The maximum absolute atomic E-state index is 13.0. The lowest BCUT2D eigenvalue weighted by Crippen LogP contribution is -2.63. The number of amides is 2. The van der Waals surface area contributed by atoms with Crippen molar-refractivity contribution in [1.29, 1.82) is 0 Å². The Balaban J connectivity index is 1.35. The lowest BCUT2D eigenvalue weighted by atomic mass is 9.52. The quantitative estimate of drug-likeness (QED) is 0.743. The fraction of sp³-hybridized carbons (Fsp3) is 0.632. The monoisotopic (exact) mass is 327 g/mol. The summed E-state index contributed by atoms with van der Waals surface area (Å²) in [6.45, 7) is 1.47. The van der Waals surface area contributed by atoms with Crippen molar-refractivity contribution < 1.29 is 9.90 Å². The number of urea groups is 1. The number of rotatable bonds is 1. The highest BCUT2D eigenvalue weighted by Crippen LogP contribution is 2.55. The van der Waals surface area contributed by atoms with Gasteiger partial charge in [-0.3, -0.25) is 4.90 Å². The molecule has 128 valence electrons. The lowest BCUT2D eigenvalue weighted by molar-refractivity contribution is -0.136. The molecule has 4 fully saturated rings. The Labute approximate surface area is 142 Å². The minimum Gasteiger partial charge on any atom is -0.390 e. The number of hydrogen-bond donors (Lipinski definition) is 3. The predicted octanol–water partition coefficient (Wildman–Crippen LogP) is 2.57. The van der Waals surface area contributed by atoms with Crippen molar-refractivity contribution in [3.05, 3.63) is 24.3 Å². The largest absolute Gasteiger partial charge is 0.390 e. The first kappa shape index (κ1) is 14.6. The topological polar surface area (TPSA) is 64.6 Å². The second-order valence-electron chi connectivity index (χ2n) is 8.27. The molecule has 5 nitrogen and oxygen atoms in total. The van der Waals surface area contributed by atoms with Crippen molar-refractivity contribution in [2.45, 2.75) is 43.7 Å². The van der Waals surface area contributed by atoms with E-state index < -0.39 is 5.60 Å². The van der Waals surface area contributed by atoms with Crippen LogP contribution in [0.2, 0.25) is 0 Å². The lowest BCUT2D eigenvalue weighted by Gasteiger charge is -2.58. The van der Waals surface area contributed by atoms with Crippen LogP contribution < -0.4 is 15.5 Å². The van der Waals surface area contributed by atoms with Crippen molar-refractivity contribution in [2.75, 3.05) is 23.3 Å². The van der Waals surface area contributed by atoms with Crippen LogP contribution in [0.4, 0.5) is 16.2 Å². The number of nitrogens with zero attached hydrogens (tertiary/aromatic N) is 1. The van der Waals surface area contributed by atoms with Crippen LogP contribution in [0.25, 0.3) is 0 Å². The standard InChI is InChI=1S/C19H25N3O2/c23-18(22-6-5-20-15-3-1-2-4-16(15)22)21-17-13-7-12-8-14(17)11-19(24,9-12)10-13/h1-4,12-14,17,20,24H,5-11H2,(H,21,23)/t12?,13-,14+,17?,19?. The molecule has 0 radical (unpaired) electrons. The predicted molar refractivity (Wildman–Crippen MR) is 93.1 cm³/mol. The Morgan fingerprint density at radius 2 is 1.96 bits per heavy atom. The molecule has 1 aromatic rings. The van der Waals surface area contributed by atoms with E-state index in [1.165, 1.54) is 12.8 Å². The summed E-state index contributed by atoms with van der Waals surface area (Å²) in [5, 5.41) is 17.4. The number of benzene rings is 1. The van der Waals surface area contributed by atoms with Crippen molar-refractivity contribution in [1.82, 2.24) is 5.32 Å². The molecule has 1 aliphatic heterocycles. The fourth-order valence-corrected chi connectivity index (χ4v) is 5.93. The van der Waals surface area contributed by atoms with Gasteiger partial charge in [0, 0.05) is 19.1 Å². The van der Waals surface area contributed by atoms with Gasteiger partial charge in [0.1, 0.15) is 0 Å². The van der Waals surface area contributed by atoms with Gasteiger partial charge in [0.05, 0.1) is 17.0 Å². The zero-order valence-electron chi connectivity index (χ0n) is 13.9. The van der Waals surface area contributed by atoms with Gasteiger partial charge in [-0.25, -0.2) is 4.79 Å². The molecule has 4 aliphatic carbocycles. The molecule has 4 saturated carbocycles. The third kappa shape index (κ3) is 2.21. The smallest absolute Gasteiger partial charge is 0.322 e. The number of carbonyl (C=O) groups is 1. The Kier molecular flexibility index (Phi) is 3.11. The number of carbonyl (C=O) groups excluding carboxylic acids is 1.